The summed E-state index contributed by atoms with van der Waals surface area (Å²) in [6.07, 6.45) is -0.201. The number of nitrogens with one attached hydrogen (secondary N) is 2. The van der Waals surface area contributed by atoms with Crippen LogP contribution in [-0.2, 0) is 17.8 Å². The van der Waals surface area contributed by atoms with Gasteiger partial charge in [0.1, 0.15) is 34.7 Å². The van der Waals surface area contributed by atoms with Gasteiger partial charge in [0.25, 0.3) is 0 Å². The minimum Gasteiger partial charge on any atom is -0.488 e. The van der Waals surface area contributed by atoms with E-state index in [0.29, 0.717) is 53.8 Å². The molecule has 0 spiro atoms. The lowest BCUT2D eigenvalue weighted by atomic mass is 10.0. The number of aliphatic hydroxyl groups is 1. The number of ether oxygens (including phenoxy) is 2. The fourth-order valence-electron chi connectivity index (χ4n) is 5.63. The van der Waals surface area contributed by atoms with Crippen LogP contribution in [-0.4, -0.2) is 70.9 Å². The predicted octanol–water partition coefficient (Wildman–Crippen LogP) is 6.01. The highest BCUT2D eigenvalue weighted by molar-refractivity contribution is 6.00. The van der Waals surface area contributed by atoms with Crippen LogP contribution in [0.15, 0.2) is 77.3 Å². The highest BCUT2D eigenvalue weighted by Crippen LogP contribution is 2.30. The van der Waals surface area contributed by atoms with Gasteiger partial charge in [-0.25, -0.2) is 4.79 Å². The molecule has 2 heterocycles. The third kappa shape index (κ3) is 8.69. The van der Waals surface area contributed by atoms with Crippen molar-refractivity contribution in [2.45, 2.75) is 52.8 Å². The molecule has 1 aromatic heterocycles. The van der Waals surface area contributed by atoms with E-state index in [4.69, 9.17) is 14.0 Å². The average Bonchev–Trinajstić information content (AvgIpc) is 3.38. The molecule has 0 aliphatic carbocycles. The van der Waals surface area contributed by atoms with Crippen LogP contribution in [0.1, 0.15) is 36.4 Å². The predicted molar refractivity (Wildman–Crippen MR) is 180 cm³/mol. The quantitative estimate of drug-likeness (QED) is 0.192. The number of hydrogen-bond donors (Lipinski definition) is 3. The smallest absolute Gasteiger partial charge is 0.323 e. The minimum atomic E-state index is -0.460. The van der Waals surface area contributed by atoms with Gasteiger partial charge < -0.3 is 34.6 Å². The second-order valence-electron chi connectivity index (χ2n) is 12.2. The van der Waals surface area contributed by atoms with Crippen LogP contribution in [0.2, 0.25) is 0 Å². The van der Waals surface area contributed by atoms with Gasteiger partial charge in [-0.05, 0) is 75.8 Å². The lowest BCUT2D eigenvalue weighted by Crippen LogP contribution is -2.47. The largest absolute Gasteiger partial charge is 0.488 e. The second kappa shape index (κ2) is 15.1. The number of carbonyl (C=O) groups is 2. The summed E-state index contributed by atoms with van der Waals surface area (Å²) in [5.41, 5.74) is 3.36. The minimum absolute atomic E-state index is 0.0402. The van der Waals surface area contributed by atoms with E-state index in [0.717, 1.165) is 17.1 Å². The van der Waals surface area contributed by atoms with E-state index in [1.165, 1.54) is 0 Å². The van der Waals surface area contributed by atoms with Crippen molar-refractivity contribution in [1.29, 1.82) is 0 Å². The van der Waals surface area contributed by atoms with Crippen molar-refractivity contribution in [2.24, 2.45) is 5.92 Å². The van der Waals surface area contributed by atoms with E-state index in [-0.39, 0.29) is 37.0 Å². The number of benzene rings is 3. The summed E-state index contributed by atoms with van der Waals surface area (Å²) in [4.78, 5) is 30.3. The molecule has 0 saturated heterocycles. The number of rotatable bonds is 10. The molecule has 0 radical (unpaired) electrons. The molecule has 11 nitrogen and oxygen atoms in total. The Hall–Kier alpha value is -4.87. The second-order valence-corrected chi connectivity index (χ2v) is 12.2. The molecular weight excluding hydrogens is 598 g/mol. The summed E-state index contributed by atoms with van der Waals surface area (Å²) in [5, 5.41) is 19.5. The SMILES string of the molecule is Cc1noc(C)c1NC(=O)Nc1ccc2c(c1)CC(=O)N([C@@H](C)CO)C[C@@H](C)[C@@H](CN(C)Cc1ccc(Oc3ccccc3)cc1)O2. The normalized spacial score (nSPS) is 17.2. The first-order valence-corrected chi connectivity index (χ1v) is 15.8. The first kappa shape index (κ1) is 33.5. The lowest BCUT2D eigenvalue weighted by molar-refractivity contribution is -0.134. The summed E-state index contributed by atoms with van der Waals surface area (Å²) >= 11 is 0. The zero-order chi connectivity index (χ0) is 33.5. The van der Waals surface area contributed by atoms with Crippen LogP contribution < -0.4 is 20.1 Å². The number of likely N-dealkylation sites (N-methyl/N-ethyl adjacent to an activating group) is 1. The van der Waals surface area contributed by atoms with Gasteiger partial charge >= 0.3 is 6.03 Å². The first-order chi connectivity index (χ1) is 22.6. The molecule has 5 rings (SSSR count). The van der Waals surface area contributed by atoms with Crippen molar-refractivity contribution in [3.8, 4) is 17.2 Å². The molecule has 0 unspecified atom stereocenters. The average molecular weight is 642 g/mol. The van der Waals surface area contributed by atoms with Gasteiger partial charge in [-0.15, -0.1) is 0 Å². The molecule has 0 fully saturated rings. The third-order valence-electron chi connectivity index (χ3n) is 8.29. The standard InChI is InChI=1S/C36H43N5O6/c1-23-19-41(24(2)22-42)34(43)18-28-17-29(37-36(44)38-35-25(3)39-47-26(35)4)13-16-32(28)46-33(23)21-40(5)20-27-11-14-31(15-12-27)45-30-9-7-6-8-10-30/h6-17,23-24,33,42H,18-22H2,1-5H3,(H2,37,38,44)/t23-,24+,33-/m1/s1. The number of urea groups is 1. The Morgan fingerprint density at radius 2 is 1.81 bits per heavy atom. The van der Waals surface area contributed by atoms with Crippen LogP contribution in [0.3, 0.4) is 0 Å². The monoisotopic (exact) mass is 641 g/mol. The Bertz CT molecular complexity index is 1640. The number of nitrogens with zero attached hydrogens (tertiary/aromatic N) is 3. The highest BCUT2D eigenvalue weighted by atomic mass is 16.5. The zero-order valence-electron chi connectivity index (χ0n) is 27.5. The third-order valence-corrected chi connectivity index (χ3v) is 8.29. The van der Waals surface area contributed by atoms with Crippen LogP contribution in [0, 0.1) is 19.8 Å². The summed E-state index contributed by atoms with van der Waals surface area (Å²) < 4.78 is 17.7. The number of para-hydroxylation sites is 1. The van der Waals surface area contributed by atoms with Crippen molar-refractivity contribution in [3.63, 3.8) is 0 Å². The molecule has 4 aromatic rings. The number of fused-ring (bicyclic) bond motifs is 1. The number of carbonyl (C=O) groups excluding carboxylic acids is 2. The van der Waals surface area contributed by atoms with Gasteiger partial charge in [-0.2, -0.15) is 0 Å². The van der Waals surface area contributed by atoms with Gasteiger partial charge in [-0.1, -0.05) is 42.4 Å². The van der Waals surface area contributed by atoms with E-state index >= 15 is 0 Å². The van der Waals surface area contributed by atoms with Gasteiger partial charge in [-0.3, -0.25) is 9.69 Å². The maximum Gasteiger partial charge on any atom is 0.323 e. The van der Waals surface area contributed by atoms with Crippen molar-refractivity contribution in [1.82, 2.24) is 15.0 Å². The number of aryl methyl sites for hydroxylation is 2. The molecule has 3 aromatic carbocycles. The fourth-order valence-corrected chi connectivity index (χ4v) is 5.63. The van der Waals surface area contributed by atoms with Crippen LogP contribution in [0.4, 0.5) is 16.2 Å². The summed E-state index contributed by atoms with van der Waals surface area (Å²) in [6, 6.07) is 22.2. The van der Waals surface area contributed by atoms with Gasteiger partial charge in [0.05, 0.1) is 19.1 Å². The summed E-state index contributed by atoms with van der Waals surface area (Å²) in [6.45, 7) is 8.94. The molecule has 248 valence electrons. The van der Waals surface area contributed by atoms with Crippen molar-refractivity contribution in [2.75, 3.05) is 37.4 Å². The van der Waals surface area contributed by atoms with Gasteiger partial charge in [0.15, 0.2) is 5.76 Å². The molecule has 47 heavy (non-hydrogen) atoms. The Labute approximate surface area is 275 Å². The maximum absolute atomic E-state index is 13.6. The number of amides is 3. The molecule has 0 saturated carbocycles. The molecule has 11 heteroatoms. The Morgan fingerprint density at radius 1 is 1.09 bits per heavy atom. The lowest BCUT2D eigenvalue weighted by Gasteiger charge is -2.34. The Morgan fingerprint density at radius 3 is 2.49 bits per heavy atom. The van der Waals surface area contributed by atoms with E-state index < -0.39 is 6.03 Å². The van der Waals surface area contributed by atoms with Crippen molar-refractivity contribution in [3.05, 3.63) is 95.4 Å². The Kier molecular flexibility index (Phi) is 10.8. The molecule has 3 N–H and O–H groups in total. The molecule has 1 aliphatic rings. The summed E-state index contributed by atoms with van der Waals surface area (Å²) in [5.74, 6) is 2.49. The van der Waals surface area contributed by atoms with Crippen molar-refractivity contribution < 1.29 is 28.7 Å². The van der Waals surface area contributed by atoms with E-state index in [9.17, 15) is 14.7 Å². The molecule has 3 atom stereocenters. The van der Waals surface area contributed by atoms with Gasteiger partial charge in [0, 0.05) is 36.8 Å². The Balaban J connectivity index is 1.31. The van der Waals surface area contributed by atoms with Gasteiger partial charge in [0.2, 0.25) is 5.91 Å². The first-order valence-electron chi connectivity index (χ1n) is 15.8. The summed E-state index contributed by atoms with van der Waals surface area (Å²) in [7, 11) is 2.04. The van der Waals surface area contributed by atoms with Crippen LogP contribution in [0.5, 0.6) is 17.2 Å². The number of aliphatic hydroxyl groups excluding tert-OH is 1. The molecule has 3 amide bonds. The number of anilines is 2. The fraction of sp³-hybridized carbons (Fsp3) is 0.361. The number of aromatic nitrogens is 1. The zero-order valence-corrected chi connectivity index (χ0v) is 27.5. The highest BCUT2D eigenvalue weighted by Gasteiger charge is 2.31. The van der Waals surface area contributed by atoms with E-state index in [2.05, 4.69) is 39.7 Å². The van der Waals surface area contributed by atoms with Crippen LogP contribution >= 0.6 is 0 Å². The maximum atomic E-state index is 13.6. The topological polar surface area (TPSA) is 129 Å². The molecule has 1 aliphatic heterocycles. The molecular formula is C36H43N5O6. The number of hydrogen-bond acceptors (Lipinski definition) is 8. The van der Waals surface area contributed by atoms with E-state index in [1.807, 2.05) is 56.4 Å². The van der Waals surface area contributed by atoms with Crippen LogP contribution in [0.25, 0.3) is 0 Å². The molecule has 0 bridgehead atoms. The van der Waals surface area contributed by atoms with Crippen molar-refractivity contribution >= 4 is 23.3 Å². The van der Waals surface area contributed by atoms with E-state index in [1.54, 1.807) is 36.9 Å².